The summed E-state index contributed by atoms with van der Waals surface area (Å²) in [5.41, 5.74) is 2.29. The highest BCUT2D eigenvalue weighted by Crippen LogP contribution is 2.29. The smallest absolute Gasteiger partial charge is 0.303 e. The Kier molecular flexibility index (Phi) is 3.50. The van der Waals surface area contributed by atoms with Crippen LogP contribution in [-0.2, 0) is 20.8 Å². The Balaban J connectivity index is 2.04. The van der Waals surface area contributed by atoms with Gasteiger partial charge in [0.2, 0.25) is 11.8 Å². The molecule has 0 aromatic heterocycles. The summed E-state index contributed by atoms with van der Waals surface area (Å²) in [4.78, 5) is 34.9. The second-order valence-electron chi connectivity index (χ2n) is 4.41. The summed E-state index contributed by atoms with van der Waals surface area (Å²) in [5, 5.41) is 11.1. The number of carbonyl (C=O) groups excluding carboxylic acids is 2. The number of nitrogens with zero attached hydrogens (tertiary/aromatic N) is 1. The molecule has 1 aliphatic heterocycles. The minimum absolute atomic E-state index is 0.0179. The maximum absolute atomic E-state index is 11.5. The number of carboxylic acids is 1. The Labute approximate surface area is 110 Å². The predicted octanol–water partition coefficient (Wildman–Crippen LogP) is 1.01. The molecule has 6 heteroatoms. The van der Waals surface area contributed by atoms with Gasteiger partial charge in [-0.1, -0.05) is 0 Å². The number of hydrogen-bond acceptors (Lipinski definition) is 3. The van der Waals surface area contributed by atoms with Crippen molar-refractivity contribution >= 4 is 29.2 Å². The van der Waals surface area contributed by atoms with E-state index in [1.807, 2.05) is 0 Å². The molecule has 1 aromatic rings. The van der Waals surface area contributed by atoms with E-state index >= 15 is 0 Å². The number of benzene rings is 1. The lowest BCUT2D eigenvalue weighted by atomic mass is 10.1. The van der Waals surface area contributed by atoms with Crippen LogP contribution in [0.15, 0.2) is 18.2 Å². The van der Waals surface area contributed by atoms with Crippen molar-refractivity contribution in [2.45, 2.75) is 19.3 Å². The van der Waals surface area contributed by atoms with Crippen LogP contribution >= 0.6 is 0 Å². The van der Waals surface area contributed by atoms with Crippen LogP contribution in [0.3, 0.4) is 0 Å². The van der Waals surface area contributed by atoms with Crippen LogP contribution < -0.4 is 10.2 Å². The lowest BCUT2D eigenvalue weighted by molar-refractivity contribution is -0.138. The van der Waals surface area contributed by atoms with Gasteiger partial charge in [0.05, 0.1) is 12.8 Å². The summed E-state index contributed by atoms with van der Waals surface area (Å²) in [6.07, 6.45) is 0.0634. The van der Waals surface area contributed by atoms with E-state index in [4.69, 9.17) is 5.11 Å². The zero-order valence-electron chi connectivity index (χ0n) is 10.5. The molecular formula is C13H14N2O4. The number of anilines is 2. The van der Waals surface area contributed by atoms with Gasteiger partial charge in [0, 0.05) is 24.8 Å². The number of likely N-dealkylation sites (N-methyl/N-ethyl adjacent to an activating group) is 1. The normalized spacial score (nSPS) is 13.3. The molecule has 0 unspecified atom stereocenters. The third-order valence-corrected chi connectivity index (χ3v) is 3.01. The largest absolute Gasteiger partial charge is 0.481 e. The van der Waals surface area contributed by atoms with Gasteiger partial charge in [0.1, 0.15) is 0 Å². The van der Waals surface area contributed by atoms with Gasteiger partial charge in [-0.25, -0.2) is 0 Å². The van der Waals surface area contributed by atoms with Crippen LogP contribution in [0.2, 0.25) is 0 Å². The summed E-state index contributed by atoms with van der Waals surface area (Å²) in [6, 6.07) is 5.22. The van der Waals surface area contributed by atoms with Crippen molar-refractivity contribution < 1.29 is 19.5 Å². The fourth-order valence-electron chi connectivity index (χ4n) is 1.99. The Hall–Kier alpha value is -2.37. The molecule has 2 rings (SSSR count). The zero-order valence-corrected chi connectivity index (χ0v) is 10.5. The first-order valence-electron chi connectivity index (χ1n) is 5.88. The number of amides is 2. The first-order chi connectivity index (χ1) is 8.97. The lowest BCUT2D eigenvalue weighted by Crippen LogP contribution is -2.20. The maximum atomic E-state index is 11.5. The molecule has 19 heavy (non-hydrogen) atoms. The fourth-order valence-corrected chi connectivity index (χ4v) is 1.99. The molecule has 0 fully saturated rings. The van der Waals surface area contributed by atoms with Crippen LogP contribution in [0.4, 0.5) is 11.4 Å². The van der Waals surface area contributed by atoms with Crippen molar-refractivity contribution in [2.75, 3.05) is 17.3 Å². The SMILES string of the molecule is CN1C(=O)Cc2cc(NC(=O)CCC(=O)O)ccc21. The Morgan fingerprint density at radius 2 is 2.11 bits per heavy atom. The van der Waals surface area contributed by atoms with Crippen molar-refractivity contribution in [3.8, 4) is 0 Å². The van der Waals surface area contributed by atoms with E-state index in [9.17, 15) is 14.4 Å². The highest BCUT2D eigenvalue weighted by molar-refractivity contribution is 6.02. The van der Waals surface area contributed by atoms with E-state index in [2.05, 4.69) is 5.32 Å². The van der Waals surface area contributed by atoms with Crippen LogP contribution in [0.1, 0.15) is 18.4 Å². The molecule has 0 saturated carbocycles. The van der Waals surface area contributed by atoms with Crippen molar-refractivity contribution in [3.63, 3.8) is 0 Å². The van der Waals surface area contributed by atoms with Crippen molar-refractivity contribution in [1.29, 1.82) is 0 Å². The first kappa shape index (κ1) is 13.1. The third-order valence-electron chi connectivity index (χ3n) is 3.01. The van der Waals surface area contributed by atoms with Gasteiger partial charge < -0.3 is 15.3 Å². The van der Waals surface area contributed by atoms with E-state index < -0.39 is 5.97 Å². The Morgan fingerprint density at radius 3 is 2.79 bits per heavy atom. The summed E-state index contributed by atoms with van der Waals surface area (Å²) in [7, 11) is 1.71. The molecular weight excluding hydrogens is 248 g/mol. The van der Waals surface area contributed by atoms with Gasteiger partial charge in [-0.15, -0.1) is 0 Å². The number of carbonyl (C=O) groups is 3. The first-order valence-corrected chi connectivity index (χ1v) is 5.88. The highest BCUT2D eigenvalue weighted by atomic mass is 16.4. The second kappa shape index (κ2) is 5.09. The Morgan fingerprint density at radius 1 is 1.37 bits per heavy atom. The molecule has 2 amide bonds. The van der Waals surface area contributed by atoms with E-state index in [-0.39, 0.29) is 24.7 Å². The average Bonchev–Trinajstić information content (AvgIpc) is 2.62. The quantitative estimate of drug-likeness (QED) is 0.847. The molecule has 0 spiro atoms. The number of rotatable bonds is 4. The van der Waals surface area contributed by atoms with Gasteiger partial charge in [-0.05, 0) is 23.8 Å². The number of hydrogen-bond donors (Lipinski definition) is 2. The predicted molar refractivity (Wildman–Crippen MR) is 69.1 cm³/mol. The van der Waals surface area contributed by atoms with Gasteiger partial charge >= 0.3 is 5.97 Å². The monoisotopic (exact) mass is 262 g/mol. The number of carboxylic acid groups (broad SMARTS) is 1. The molecule has 100 valence electrons. The number of aliphatic carboxylic acids is 1. The summed E-state index contributed by atoms with van der Waals surface area (Å²) in [6.45, 7) is 0. The topological polar surface area (TPSA) is 86.7 Å². The Bertz CT molecular complexity index is 554. The van der Waals surface area contributed by atoms with Gasteiger partial charge in [-0.3, -0.25) is 14.4 Å². The van der Waals surface area contributed by atoms with Crippen LogP contribution in [-0.4, -0.2) is 29.9 Å². The fraction of sp³-hybridized carbons (Fsp3) is 0.308. The van der Waals surface area contributed by atoms with E-state index in [1.165, 1.54) is 0 Å². The van der Waals surface area contributed by atoms with E-state index in [0.29, 0.717) is 12.1 Å². The van der Waals surface area contributed by atoms with E-state index in [1.54, 1.807) is 30.1 Å². The summed E-state index contributed by atoms with van der Waals surface area (Å²) in [5.74, 6) is -1.33. The molecule has 0 atom stereocenters. The summed E-state index contributed by atoms with van der Waals surface area (Å²) < 4.78 is 0. The molecule has 1 heterocycles. The van der Waals surface area contributed by atoms with Gasteiger partial charge in [-0.2, -0.15) is 0 Å². The van der Waals surface area contributed by atoms with Crippen LogP contribution in [0, 0.1) is 0 Å². The van der Waals surface area contributed by atoms with Gasteiger partial charge in [0.15, 0.2) is 0 Å². The number of nitrogens with one attached hydrogen (secondary N) is 1. The zero-order chi connectivity index (χ0) is 14.0. The minimum Gasteiger partial charge on any atom is -0.481 e. The molecule has 0 aliphatic carbocycles. The molecule has 0 bridgehead atoms. The molecule has 1 aromatic carbocycles. The number of fused-ring (bicyclic) bond motifs is 1. The molecule has 6 nitrogen and oxygen atoms in total. The van der Waals surface area contributed by atoms with Crippen molar-refractivity contribution in [2.24, 2.45) is 0 Å². The molecule has 0 radical (unpaired) electrons. The third kappa shape index (κ3) is 2.90. The van der Waals surface area contributed by atoms with Crippen molar-refractivity contribution in [3.05, 3.63) is 23.8 Å². The maximum Gasteiger partial charge on any atom is 0.303 e. The second-order valence-corrected chi connectivity index (χ2v) is 4.41. The van der Waals surface area contributed by atoms with Crippen LogP contribution in [0.5, 0.6) is 0 Å². The standard InChI is InChI=1S/C13H14N2O4/c1-15-10-3-2-9(6-8(10)7-12(15)17)14-11(16)4-5-13(18)19/h2-3,6H,4-5,7H2,1H3,(H,14,16)(H,18,19). The highest BCUT2D eigenvalue weighted by Gasteiger charge is 2.23. The van der Waals surface area contributed by atoms with Gasteiger partial charge in [0.25, 0.3) is 0 Å². The van der Waals surface area contributed by atoms with Crippen molar-refractivity contribution in [1.82, 2.24) is 0 Å². The van der Waals surface area contributed by atoms with Crippen LogP contribution in [0.25, 0.3) is 0 Å². The lowest BCUT2D eigenvalue weighted by Gasteiger charge is -2.11. The molecule has 1 aliphatic rings. The average molecular weight is 262 g/mol. The minimum atomic E-state index is -1.00. The molecule has 2 N–H and O–H groups in total. The molecule has 0 saturated heterocycles. The van der Waals surface area contributed by atoms with E-state index in [0.717, 1.165) is 11.3 Å². The summed E-state index contributed by atoms with van der Waals surface area (Å²) >= 11 is 0.